The molecule has 2 aromatic heterocycles. The van der Waals surface area contributed by atoms with Gasteiger partial charge >= 0.3 is 16.4 Å². The summed E-state index contributed by atoms with van der Waals surface area (Å²) < 4.78 is 101. The summed E-state index contributed by atoms with van der Waals surface area (Å²) in [5.41, 5.74) is -1.58. The average Bonchev–Trinajstić information content (AvgIpc) is 2.83. The Morgan fingerprint density at radius 2 is 1.58 bits per heavy atom. The average molecular weight is 542 g/mol. The molecule has 14 heteroatoms. The van der Waals surface area contributed by atoms with Crippen molar-refractivity contribution in [3.05, 3.63) is 76.8 Å². The minimum Gasteiger partial charge on any atom is -0.267 e. The quantitative estimate of drug-likeness (QED) is 0.278. The second-order valence-electron chi connectivity index (χ2n) is 7.57. The summed E-state index contributed by atoms with van der Waals surface area (Å²) in [6.07, 6.45) is -2.42. The van der Waals surface area contributed by atoms with Crippen molar-refractivity contribution < 1.29 is 33.9 Å². The van der Waals surface area contributed by atoms with Gasteiger partial charge in [-0.15, -0.1) is 3.89 Å². The van der Waals surface area contributed by atoms with E-state index in [4.69, 9.17) is 0 Å². The Bertz CT molecular complexity index is 1770. The number of sulfone groups is 1. The molecule has 0 atom stereocenters. The first-order valence-corrected chi connectivity index (χ1v) is 13.1. The molecule has 2 aromatic carbocycles. The Balaban J connectivity index is 1.93. The smallest absolute Gasteiger partial charge is 0.267 e. The number of halogens is 4. The summed E-state index contributed by atoms with van der Waals surface area (Å²) in [6, 6.07) is 8.16. The number of hydrogen-bond acceptors (Lipinski definition) is 7. The second-order valence-corrected chi connectivity index (χ2v) is 11.2. The summed E-state index contributed by atoms with van der Waals surface area (Å²) in [5, 5.41) is 3.68. The van der Waals surface area contributed by atoms with E-state index in [9.17, 15) is 38.7 Å². The van der Waals surface area contributed by atoms with Crippen molar-refractivity contribution in [2.45, 2.75) is 22.9 Å². The number of benzene rings is 2. The molecule has 0 amide bonds. The van der Waals surface area contributed by atoms with Crippen molar-refractivity contribution in [1.82, 2.24) is 14.8 Å². The van der Waals surface area contributed by atoms with Crippen LogP contribution in [-0.4, -0.2) is 37.4 Å². The molecule has 0 aliphatic carbocycles. The third-order valence-corrected chi connectivity index (χ3v) is 7.90. The fraction of sp³-hybridized carbons (Fsp3) is 0.136. The number of nitrogens with zero attached hydrogens (tertiary/aromatic N) is 3. The predicted molar refractivity (Wildman–Crippen MR) is 122 cm³/mol. The van der Waals surface area contributed by atoms with E-state index in [1.54, 1.807) is 0 Å². The molecule has 0 saturated heterocycles. The van der Waals surface area contributed by atoms with Gasteiger partial charge in [-0.2, -0.15) is 31.4 Å². The number of rotatable bonds is 5. The van der Waals surface area contributed by atoms with Gasteiger partial charge in [0.1, 0.15) is 4.90 Å². The Morgan fingerprint density at radius 3 is 2.17 bits per heavy atom. The predicted octanol–water partition coefficient (Wildman–Crippen LogP) is 3.92. The molecule has 0 spiro atoms. The van der Waals surface area contributed by atoms with Crippen LogP contribution in [0.4, 0.5) is 17.1 Å². The van der Waals surface area contributed by atoms with E-state index < -0.39 is 58.7 Å². The third-order valence-electron chi connectivity index (χ3n) is 5.33. The zero-order chi connectivity index (χ0) is 26.5. The van der Waals surface area contributed by atoms with Crippen LogP contribution in [0.15, 0.2) is 75.5 Å². The van der Waals surface area contributed by atoms with Gasteiger partial charge in [-0.25, -0.2) is 13.4 Å². The third kappa shape index (κ3) is 4.73. The number of aromatic nitrogens is 3. The maximum Gasteiger partial charge on any atom is 0.416 e. The summed E-state index contributed by atoms with van der Waals surface area (Å²) in [4.78, 5) is 16.1. The normalized spacial score (nSPS) is 12.7. The summed E-state index contributed by atoms with van der Waals surface area (Å²) in [7, 11) is -8.98. The number of fused-ring (bicyclic) bond motifs is 1. The molecule has 0 aliphatic rings. The molecule has 36 heavy (non-hydrogen) atoms. The summed E-state index contributed by atoms with van der Waals surface area (Å²) >= 11 is 0. The van der Waals surface area contributed by atoms with Gasteiger partial charge in [0.15, 0.2) is 15.7 Å². The summed E-state index contributed by atoms with van der Waals surface area (Å²) in [6.45, 7) is 1.35. The van der Waals surface area contributed by atoms with Crippen LogP contribution in [0.5, 0.6) is 0 Å². The largest absolute Gasteiger partial charge is 0.416 e. The lowest BCUT2D eigenvalue weighted by Crippen LogP contribution is -2.25. The van der Waals surface area contributed by atoms with E-state index in [1.807, 2.05) is 0 Å². The van der Waals surface area contributed by atoms with Crippen molar-refractivity contribution in [2.75, 3.05) is 5.75 Å². The molecule has 4 aromatic rings. The fourth-order valence-electron chi connectivity index (χ4n) is 3.42. The van der Waals surface area contributed by atoms with E-state index in [1.165, 1.54) is 31.3 Å². The molecule has 0 aliphatic heterocycles. The van der Waals surface area contributed by atoms with Gasteiger partial charge in [0.2, 0.25) is 0 Å². The van der Waals surface area contributed by atoms with Crippen LogP contribution in [0.25, 0.3) is 27.7 Å². The Morgan fingerprint density at radius 1 is 0.917 bits per heavy atom. The lowest BCUT2D eigenvalue weighted by Gasteiger charge is -2.13. The van der Waals surface area contributed by atoms with Crippen molar-refractivity contribution in [3.63, 3.8) is 0 Å². The first-order valence-electron chi connectivity index (χ1n) is 10.1. The Kier molecular flexibility index (Phi) is 6.21. The highest BCUT2D eigenvalue weighted by Gasteiger charge is 2.31. The Hall–Kier alpha value is -3.65. The molecular formula is C22H15F4N3O5S2. The van der Waals surface area contributed by atoms with Crippen LogP contribution in [0.3, 0.4) is 0 Å². The van der Waals surface area contributed by atoms with Crippen LogP contribution in [-0.2, 0) is 26.2 Å². The highest BCUT2D eigenvalue weighted by molar-refractivity contribution is 7.91. The molecule has 2 heterocycles. The van der Waals surface area contributed by atoms with Gasteiger partial charge in [-0.1, -0.05) is 25.1 Å². The SMILES string of the molecule is CCS(=O)(=O)c1cc(-c2ccc(S(=O)(=O)F)cc2)cnc1-n1ncc2ccc(C(F)(F)F)cc2c1=O. The maximum absolute atomic E-state index is 13.2. The minimum absolute atomic E-state index is 0.115. The van der Waals surface area contributed by atoms with Crippen molar-refractivity contribution >= 4 is 30.8 Å². The molecule has 4 rings (SSSR count). The molecule has 188 valence electrons. The molecule has 0 unspecified atom stereocenters. The van der Waals surface area contributed by atoms with Gasteiger partial charge in [0, 0.05) is 17.1 Å². The van der Waals surface area contributed by atoms with Crippen LogP contribution >= 0.6 is 0 Å². The number of hydrogen-bond donors (Lipinski definition) is 0. The molecule has 8 nitrogen and oxygen atoms in total. The van der Waals surface area contributed by atoms with Crippen LogP contribution in [0, 0.1) is 0 Å². The first kappa shape index (κ1) is 25.4. The van der Waals surface area contributed by atoms with Crippen LogP contribution in [0.1, 0.15) is 12.5 Å². The zero-order valence-electron chi connectivity index (χ0n) is 18.2. The second kappa shape index (κ2) is 8.78. The fourth-order valence-corrected chi connectivity index (χ4v) is 4.91. The van der Waals surface area contributed by atoms with Gasteiger partial charge < -0.3 is 0 Å². The van der Waals surface area contributed by atoms with E-state index in [0.29, 0.717) is 16.3 Å². The van der Waals surface area contributed by atoms with E-state index in [0.717, 1.165) is 30.5 Å². The van der Waals surface area contributed by atoms with Crippen LogP contribution < -0.4 is 5.56 Å². The van der Waals surface area contributed by atoms with Gasteiger partial charge in [0.05, 0.1) is 27.8 Å². The monoisotopic (exact) mass is 541 g/mol. The van der Waals surface area contributed by atoms with E-state index >= 15 is 0 Å². The zero-order valence-corrected chi connectivity index (χ0v) is 19.8. The minimum atomic E-state index is -4.94. The van der Waals surface area contributed by atoms with Crippen molar-refractivity contribution in [2.24, 2.45) is 0 Å². The number of alkyl halides is 3. The molecule has 0 fully saturated rings. The van der Waals surface area contributed by atoms with Crippen molar-refractivity contribution in [3.8, 4) is 16.9 Å². The topological polar surface area (TPSA) is 116 Å². The van der Waals surface area contributed by atoms with Gasteiger partial charge in [0.25, 0.3) is 5.56 Å². The van der Waals surface area contributed by atoms with Gasteiger partial charge in [-0.3, -0.25) is 4.79 Å². The lowest BCUT2D eigenvalue weighted by atomic mass is 10.1. The first-order chi connectivity index (χ1) is 16.7. The summed E-state index contributed by atoms with van der Waals surface area (Å²) in [5.74, 6) is -0.821. The van der Waals surface area contributed by atoms with E-state index in [2.05, 4.69) is 10.1 Å². The molecule has 0 radical (unpaired) electrons. The molecule has 0 bridgehead atoms. The van der Waals surface area contributed by atoms with Crippen molar-refractivity contribution in [1.29, 1.82) is 0 Å². The Labute approximate surface area is 202 Å². The molecule has 0 saturated carbocycles. The molecule has 0 N–H and O–H groups in total. The molecular weight excluding hydrogens is 526 g/mol. The lowest BCUT2D eigenvalue weighted by molar-refractivity contribution is -0.137. The standard InChI is InChI=1S/C22H15F4N3O5S2/c1-2-35(31,32)19-9-15(13-4-7-17(8-5-13)36(26,33)34)11-27-20(19)29-21(30)18-10-16(22(23,24)25)6-3-14(18)12-28-29/h3-12H,2H2,1H3. The van der Waals surface area contributed by atoms with Gasteiger partial charge in [-0.05, 0) is 35.9 Å². The highest BCUT2D eigenvalue weighted by atomic mass is 32.3. The van der Waals surface area contributed by atoms with Crippen LogP contribution in [0.2, 0.25) is 0 Å². The highest BCUT2D eigenvalue weighted by Crippen LogP contribution is 2.31. The maximum atomic E-state index is 13.2. The van der Waals surface area contributed by atoms with E-state index in [-0.39, 0.29) is 16.3 Å². The number of pyridine rings is 1.